The van der Waals surface area contributed by atoms with E-state index in [1.807, 2.05) is 55.4 Å². The Morgan fingerprint density at radius 1 is 1.00 bits per heavy atom. The minimum absolute atomic E-state index is 0.0279. The van der Waals surface area contributed by atoms with Crippen LogP contribution in [0.1, 0.15) is 94.5 Å². The van der Waals surface area contributed by atoms with Gasteiger partial charge in [0.05, 0.1) is 23.4 Å². The molecule has 0 radical (unpaired) electrons. The van der Waals surface area contributed by atoms with Crippen LogP contribution in [0.5, 0.6) is 5.75 Å². The van der Waals surface area contributed by atoms with Crippen molar-refractivity contribution in [2.75, 3.05) is 31.4 Å². The molecule has 0 saturated carbocycles. The molecule has 0 bridgehead atoms. The van der Waals surface area contributed by atoms with Gasteiger partial charge in [-0.2, -0.15) is 5.21 Å². The lowest BCUT2D eigenvalue weighted by Gasteiger charge is -2.40. The van der Waals surface area contributed by atoms with Gasteiger partial charge in [-0.05, 0) is 73.6 Å². The van der Waals surface area contributed by atoms with Crippen LogP contribution in [0.25, 0.3) is 0 Å². The largest absolute Gasteiger partial charge is 0.494 e. The molecule has 3 aromatic rings. The molecule has 1 aromatic heterocycles. The summed E-state index contributed by atoms with van der Waals surface area (Å²) in [6, 6.07) is 13.4. The van der Waals surface area contributed by atoms with Gasteiger partial charge >= 0.3 is 0 Å². The number of rotatable bonds is 15. The van der Waals surface area contributed by atoms with Crippen molar-refractivity contribution < 1.29 is 18.3 Å². The van der Waals surface area contributed by atoms with E-state index >= 15 is 0 Å². The third-order valence-corrected chi connectivity index (χ3v) is 10.6. The Bertz CT molecular complexity index is 1350. The number of ether oxygens (including phenoxy) is 1. The van der Waals surface area contributed by atoms with E-state index in [2.05, 4.69) is 34.5 Å². The number of nitrogens with zero attached hydrogens (tertiary/aromatic N) is 4. The van der Waals surface area contributed by atoms with Gasteiger partial charge in [0.25, 0.3) is 0 Å². The Labute approximate surface area is 251 Å². The van der Waals surface area contributed by atoms with Crippen LogP contribution in [-0.4, -0.2) is 66.7 Å². The Balaban J connectivity index is 1.61. The molecular formula is C32H47N5O4S. The number of sulfone groups is 1. The molecule has 230 valence electrons. The summed E-state index contributed by atoms with van der Waals surface area (Å²) in [4.78, 5) is 2.31. The second-order valence-electron chi connectivity index (χ2n) is 11.9. The monoisotopic (exact) mass is 597 g/mol. The first kappa shape index (κ1) is 31.9. The van der Waals surface area contributed by atoms with Crippen LogP contribution in [0.15, 0.2) is 47.4 Å². The van der Waals surface area contributed by atoms with Crippen LogP contribution in [0.2, 0.25) is 0 Å². The standard InChI is InChI=1S/C32H47N5O4S/c1-5-7-19-32(20-8-6-2)23-42(39,40)28-18-15-25(37(3)4)22-27(28)30(31(32)38)24-13-16-26(17-14-24)41-21-11-9-10-12-29-33-35-36-34-29/h13-18,22,30-31,38H,5-12,19-21,23H2,1-4H3,(H,33,34,35,36)/t30?,31-/m1/s1. The number of aryl methyl sites for hydroxylation is 1. The first-order valence-electron chi connectivity index (χ1n) is 15.4. The number of tetrazole rings is 1. The number of anilines is 1. The van der Waals surface area contributed by atoms with Crippen LogP contribution < -0.4 is 9.64 Å². The molecule has 1 aliphatic heterocycles. The van der Waals surface area contributed by atoms with E-state index in [1.165, 1.54) is 0 Å². The Hall–Kier alpha value is -2.98. The molecule has 2 aromatic carbocycles. The molecule has 2 heterocycles. The third-order valence-electron chi connectivity index (χ3n) is 8.60. The highest BCUT2D eigenvalue weighted by atomic mass is 32.2. The van der Waals surface area contributed by atoms with Crippen LogP contribution in [0.4, 0.5) is 5.69 Å². The fourth-order valence-corrected chi connectivity index (χ4v) is 8.39. The zero-order chi connectivity index (χ0) is 30.2. The number of aliphatic hydroxyl groups is 1. The predicted octanol–water partition coefficient (Wildman–Crippen LogP) is 5.70. The van der Waals surface area contributed by atoms with Crippen LogP contribution in [0.3, 0.4) is 0 Å². The number of aromatic amines is 1. The van der Waals surface area contributed by atoms with Crippen LogP contribution in [0, 0.1) is 5.41 Å². The average Bonchev–Trinajstić information content (AvgIpc) is 3.48. The minimum atomic E-state index is -3.62. The maximum absolute atomic E-state index is 14.0. The number of unbranched alkanes of at least 4 members (excludes halogenated alkanes) is 4. The summed E-state index contributed by atoms with van der Waals surface area (Å²) in [6.45, 7) is 4.84. The highest BCUT2D eigenvalue weighted by Gasteiger charge is 2.49. The first-order valence-corrected chi connectivity index (χ1v) is 17.0. The molecule has 0 aliphatic carbocycles. The van der Waals surface area contributed by atoms with E-state index in [4.69, 9.17) is 4.74 Å². The summed E-state index contributed by atoms with van der Waals surface area (Å²) < 4.78 is 34.0. The van der Waals surface area contributed by atoms with Crippen molar-refractivity contribution in [1.82, 2.24) is 20.6 Å². The Morgan fingerprint density at radius 3 is 2.33 bits per heavy atom. The van der Waals surface area contributed by atoms with E-state index in [0.29, 0.717) is 29.9 Å². The molecule has 1 unspecified atom stereocenters. The van der Waals surface area contributed by atoms with Crippen LogP contribution >= 0.6 is 0 Å². The summed E-state index contributed by atoms with van der Waals surface area (Å²) >= 11 is 0. The number of nitrogens with one attached hydrogen (secondary N) is 1. The number of hydrogen-bond donors (Lipinski definition) is 2. The smallest absolute Gasteiger partial charge is 0.179 e. The van der Waals surface area contributed by atoms with Crippen molar-refractivity contribution in [3.63, 3.8) is 0 Å². The number of fused-ring (bicyclic) bond motifs is 1. The number of H-pyrrole nitrogens is 1. The van der Waals surface area contributed by atoms with Gasteiger partial charge in [0.1, 0.15) is 5.75 Å². The number of hydrogen-bond acceptors (Lipinski definition) is 8. The summed E-state index contributed by atoms with van der Waals surface area (Å²) in [6.07, 6.45) is 7.86. The van der Waals surface area contributed by atoms with Gasteiger partial charge in [0.15, 0.2) is 15.7 Å². The van der Waals surface area contributed by atoms with Crippen LogP contribution in [-0.2, 0) is 16.3 Å². The third kappa shape index (κ3) is 7.50. The second-order valence-corrected chi connectivity index (χ2v) is 13.9. The van der Waals surface area contributed by atoms with E-state index in [-0.39, 0.29) is 5.75 Å². The van der Waals surface area contributed by atoms with Gasteiger partial charge in [0.2, 0.25) is 0 Å². The first-order chi connectivity index (χ1) is 20.2. The van der Waals surface area contributed by atoms with Crippen molar-refractivity contribution in [1.29, 1.82) is 0 Å². The summed E-state index contributed by atoms with van der Waals surface area (Å²) in [5, 5.41) is 26.3. The van der Waals surface area contributed by atoms with E-state index in [1.54, 1.807) is 6.07 Å². The van der Waals surface area contributed by atoms with Gasteiger partial charge in [-0.3, -0.25) is 0 Å². The maximum Gasteiger partial charge on any atom is 0.179 e. The van der Waals surface area contributed by atoms with Gasteiger partial charge in [-0.1, -0.05) is 56.9 Å². The molecule has 2 atom stereocenters. The molecule has 1 aliphatic rings. The van der Waals surface area contributed by atoms with Crippen molar-refractivity contribution in [2.24, 2.45) is 5.41 Å². The molecule has 0 fully saturated rings. The van der Waals surface area contributed by atoms with Crippen molar-refractivity contribution in [3.05, 3.63) is 59.4 Å². The molecule has 10 heteroatoms. The summed E-state index contributed by atoms with van der Waals surface area (Å²) in [7, 11) is 0.272. The highest BCUT2D eigenvalue weighted by molar-refractivity contribution is 7.91. The normalized spacial score (nSPS) is 19.2. The van der Waals surface area contributed by atoms with Crippen molar-refractivity contribution in [2.45, 2.75) is 95.0 Å². The number of aromatic nitrogens is 4. The Kier molecular flexibility index (Phi) is 11.0. The van der Waals surface area contributed by atoms with E-state index in [0.717, 1.165) is 74.2 Å². The lowest BCUT2D eigenvalue weighted by Crippen LogP contribution is -2.43. The quantitative estimate of drug-likeness (QED) is 0.214. The van der Waals surface area contributed by atoms with Crippen molar-refractivity contribution in [3.8, 4) is 5.75 Å². The molecule has 9 nitrogen and oxygen atoms in total. The van der Waals surface area contributed by atoms with Gasteiger partial charge < -0.3 is 14.7 Å². The maximum atomic E-state index is 14.0. The molecular weight excluding hydrogens is 550 g/mol. The van der Waals surface area contributed by atoms with Gasteiger partial charge in [-0.15, -0.1) is 10.2 Å². The van der Waals surface area contributed by atoms with Gasteiger partial charge in [0, 0.05) is 37.5 Å². The molecule has 4 rings (SSSR count). The molecule has 42 heavy (non-hydrogen) atoms. The molecule has 0 amide bonds. The highest BCUT2D eigenvalue weighted by Crippen LogP contribution is 2.50. The number of aliphatic hydroxyl groups excluding tert-OH is 1. The van der Waals surface area contributed by atoms with E-state index in [9.17, 15) is 13.5 Å². The predicted molar refractivity (Wildman–Crippen MR) is 166 cm³/mol. The molecule has 2 N–H and O–H groups in total. The molecule has 0 spiro atoms. The minimum Gasteiger partial charge on any atom is -0.494 e. The summed E-state index contributed by atoms with van der Waals surface area (Å²) in [5.41, 5.74) is 1.78. The van der Waals surface area contributed by atoms with Gasteiger partial charge in [-0.25, -0.2) is 8.42 Å². The van der Waals surface area contributed by atoms with E-state index < -0.39 is 27.3 Å². The average molecular weight is 598 g/mol. The zero-order valence-electron chi connectivity index (χ0n) is 25.6. The Morgan fingerprint density at radius 2 is 1.71 bits per heavy atom. The summed E-state index contributed by atoms with van der Waals surface area (Å²) in [5.74, 6) is 0.996. The number of benzene rings is 2. The zero-order valence-corrected chi connectivity index (χ0v) is 26.4. The SMILES string of the molecule is CCCCC1(CCCC)CS(=O)(=O)c2ccc(N(C)C)cc2C(c2ccc(OCCCCCc3nn[nH]n3)cc2)[C@H]1O. The van der Waals surface area contributed by atoms with Crippen molar-refractivity contribution >= 4 is 15.5 Å². The second kappa shape index (κ2) is 14.5. The molecule has 0 saturated heterocycles. The topological polar surface area (TPSA) is 121 Å². The fourth-order valence-electron chi connectivity index (χ4n) is 6.20. The lowest BCUT2D eigenvalue weighted by molar-refractivity contribution is 0.0127. The lowest BCUT2D eigenvalue weighted by atomic mass is 9.68. The fraction of sp³-hybridized carbons (Fsp3) is 0.594.